The minimum Gasteiger partial charge on any atom is -0.198 e. The standard InChI is InChI=1S/C9H6ClN/c10-8-2-1-6-3-7(5-11)9(6)4-8/h1-2,4,7H,3H2/t7-/m1/s1. The molecule has 1 aromatic rings. The Morgan fingerprint density at radius 1 is 1.55 bits per heavy atom. The monoisotopic (exact) mass is 163 g/mol. The van der Waals surface area contributed by atoms with Crippen molar-refractivity contribution < 1.29 is 0 Å². The Bertz CT molecular complexity index is 338. The summed E-state index contributed by atoms with van der Waals surface area (Å²) < 4.78 is 0. The third-order valence-corrected chi connectivity index (χ3v) is 2.30. The number of halogens is 1. The molecule has 2 heteroatoms. The second kappa shape index (κ2) is 2.25. The quantitative estimate of drug-likeness (QED) is 0.577. The SMILES string of the molecule is N#C[C@H]1Cc2ccc(Cl)cc21. The van der Waals surface area contributed by atoms with Gasteiger partial charge in [0.15, 0.2) is 0 Å². The molecule has 2 rings (SSSR count). The molecular weight excluding hydrogens is 158 g/mol. The van der Waals surface area contributed by atoms with E-state index in [0.29, 0.717) is 0 Å². The van der Waals surface area contributed by atoms with Gasteiger partial charge in [-0.15, -0.1) is 0 Å². The van der Waals surface area contributed by atoms with E-state index >= 15 is 0 Å². The summed E-state index contributed by atoms with van der Waals surface area (Å²) >= 11 is 5.76. The van der Waals surface area contributed by atoms with Crippen LogP contribution in [-0.2, 0) is 6.42 Å². The van der Waals surface area contributed by atoms with E-state index in [1.165, 1.54) is 5.56 Å². The maximum atomic E-state index is 8.63. The molecule has 1 aliphatic carbocycles. The molecule has 0 aliphatic heterocycles. The largest absolute Gasteiger partial charge is 0.198 e. The molecule has 54 valence electrons. The molecule has 0 amide bonds. The molecule has 1 atom stereocenters. The normalized spacial score (nSPS) is 19.8. The van der Waals surface area contributed by atoms with Crippen LogP contribution in [0.2, 0.25) is 5.02 Å². The van der Waals surface area contributed by atoms with Gasteiger partial charge >= 0.3 is 0 Å². The summed E-state index contributed by atoms with van der Waals surface area (Å²) in [6.07, 6.45) is 0.892. The fraction of sp³-hybridized carbons (Fsp3) is 0.222. The maximum Gasteiger partial charge on any atom is 0.0756 e. The smallest absolute Gasteiger partial charge is 0.0756 e. The summed E-state index contributed by atoms with van der Waals surface area (Å²) in [6.45, 7) is 0. The fourth-order valence-electron chi connectivity index (χ4n) is 1.39. The van der Waals surface area contributed by atoms with E-state index < -0.39 is 0 Å². The summed E-state index contributed by atoms with van der Waals surface area (Å²) in [5.41, 5.74) is 2.38. The molecule has 0 aromatic heterocycles. The molecule has 0 radical (unpaired) electrons. The van der Waals surface area contributed by atoms with Gasteiger partial charge in [0.2, 0.25) is 0 Å². The fourth-order valence-corrected chi connectivity index (χ4v) is 1.57. The van der Waals surface area contributed by atoms with Gasteiger partial charge in [-0.1, -0.05) is 17.7 Å². The minimum absolute atomic E-state index is 0.0868. The first-order valence-corrected chi connectivity index (χ1v) is 3.87. The third kappa shape index (κ3) is 0.911. The summed E-state index contributed by atoms with van der Waals surface area (Å²) in [7, 11) is 0. The van der Waals surface area contributed by atoms with E-state index in [4.69, 9.17) is 16.9 Å². The molecule has 0 heterocycles. The second-order valence-corrected chi connectivity index (χ2v) is 3.17. The van der Waals surface area contributed by atoms with Gasteiger partial charge in [0.25, 0.3) is 0 Å². The topological polar surface area (TPSA) is 23.8 Å². The summed E-state index contributed by atoms with van der Waals surface area (Å²) in [4.78, 5) is 0. The molecule has 1 aliphatic rings. The molecule has 1 nitrogen and oxygen atoms in total. The number of rotatable bonds is 0. The Balaban J connectivity index is 2.47. The van der Waals surface area contributed by atoms with Crippen molar-refractivity contribution in [3.63, 3.8) is 0 Å². The minimum atomic E-state index is 0.0868. The van der Waals surface area contributed by atoms with Crippen LogP contribution in [0.1, 0.15) is 17.0 Å². The Kier molecular flexibility index (Phi) is 1.37. The lowest BCUT2D eigenvalue weighted by molar-refractivity contribution is 0.745. The van der Waals surface area contributed by atoms with Gasteiger partial charge in [-0.05, 0) is 29.7 Å². The van der Waals surface area contributed by atoms with Crippen LogP contribution in [0, 0.1) is 11.3 Å². The van der Waals surface area contributed by atoms with E-state index in [9.17, 15) is 0 Å². The number of benzene rings is 1. The van der Waals surface area contributed by atoms with Gasteiger partial charge in [0, 0.05) is 5.02 Å². The molecule has 0 fully saturated rings. The molecule has 0 N–H and O–H groups in total. The van der Waals surface area contributed by atoms with E-state index in [0.717, 1.165) is 17.0 Å². The molecule has 0 unspecified atom stereocenters. The van der Waals surface area contributed by atoms with E-state index in [-0.39, 0.29) is 5.92 Å². The zero-order valence-corrected chi connectivity index (χ0v) is 6.60. The average molecular weight is 164 g/mol. The molecule has 11 heavy (non-hydrogen) atoms. The lowest BCUT2D eigenvalue weighted by Crippen LogP contribution is -2.14. The van der Waals surface area contributed by atoms with Crippen LogP contribution in [0.4, 0.5) is 0 Å². The van der Waals surface area contributed by atoms with Crippen LogP contribution in [0.3, 0.4) is 0 Å². The first-order valence-electron chi connectivity index (χ1n) is 3.49. The van der Waals surface area contributed by atoms with Crippen LogP contribution < -0.4 is 0 Å². The number of hydrogen-bond donors (Lipinski definition) is 0. The zero-order valence-electron chi connectivity index (χ0n) is 5.84. The Morgan fingerprint density at radius 2 is 2.36 bits per heavy atom. The van der Waals surface area contributed by atoms with Gasteiger partial charge in [0.1, 0.15) is 0 Å². The Hall–Kier alpha value is -1.00. The van der Waals surface area contributed by atoms with Crippen molar-refractivity contribution in [1.29, 1.82) is 5.26 Å². The third-order valence-electron chi connectivity index (χ3n) is 2.06. The van der Waals surface area contributed by atoms with Crippen molar-refractivity contribution in [2.75, 3.05) is 0 Å². The lowest BCUT2D eigenvalue weighted by atomic mass is 9.79. The summed E-state index contributed by atoms with van der Waals surface area (Å²) in [6, 6.07) is 7.97. The Morgan fingerprint density at radius 3 is 3.09 bits per heavy atom. The van der Waals surface area contributed by atoms with E-state index in [1.807, 2.05) is 18.2 Å². The van der Waals surface area contributed by atoms with Crippen molar-refractivity contribution in [3.05, 3.63) is 34.3 Å². The maximum absolute atomic E-state index is 8.63. The van der Waals surface area contributed by atoms with Gasteiger partial charge in [-0.25, -0.2) is 0 Å². The highest BCUT2D eigenvalue weighted by Crippen LogP contribution is 2.35. The zero-order chi connectivity index (χ0) is 7.84. The predicted octanol–water partition coefficient (Wildman–Crippen LogP) is 2.50. The van der Waals surface area contributed by atoms with Crippen LogP contribution in [0.25, 0.3) is 0 Å². The molecule has 0 bridgehead atoms. The van der Waals surface area contributed by atoms with Crippen molar-refractivity contribution in [2.45, 2.75) is 12.3 Å². The van der Waals surface area contributed by atoms with Crippen molar-refractivity contribution in [2.24, 2.45) is 0 Å². The predicted molar refractivity (Wildman–Crippen MR) is 43.5 cm³/mol. The van der Waals surface area contributed by atoms with Crippen molar-refractivity contribution in [1.82, 2.24) is 0 Å². The molecule has 1 aromatic carbocycles. The average Bonchev–Trinajstić information content (AvgIpc) is 1.97. The molecule has 0 spiro atoms. The molecule has 0 saturated heterocycles. The lowest BCUT2D eigenvalue weighted by Gasteiger charge is -2.24. The van der Waals surface area contributed by atoms with Crippen LogP contribution in [-0.4, -0.2) is 0 Å². The van der Waals surface area contributed by atoms with Gasteiger partial charge in [-0.2, -0.15) is 5.26 Å². The van der Waals surface area contributed by atoms with Gasteiger partial charge < -0.3 is 0 Å². The second-order valence-electron chi connectivity index (χ2n) is 2.73. The van der Waals surface area contributed by atoms with E-state index in [2.05, 4.69) is 6.07 Å². The number of fused-ring (bicyclic) bond motifs is 1. The summed E-state index contributed by atoms with van der Waals surface area (Å²) in [5, 5.41) is 9.36. The molecular formula is C9H6ClN. The van der Waals surface area contributed by atoms with E-state index in [1.54, 1.807) is 0 Å². The summed E-state index contributed by atoms with van der Waals surface area (Å²) in [5.74, 6) is 0.0868. The van der Waals surface area contributed by atoms with Crippen molar-refractivity contribution >= 4 is 11.6 Å². The van der Waals surface area contributed by atoms with Gasteiger partial charge in [-0.3, -0.25) is 0 Å². The first kappa shape index (κ1) is 6.69. The van der Waals surface area contributed by atoms with Crippen LogP contribution in [0.15, 0.2) is 18.2 Å². The first-order chi connectivity index (χ1) is 5.31. The highest BCUT2D eigenvalue weighted by atomic mass is 35.5. The number of hydrogen-bond acceptors (Lipinski definition) is 1. The Labute approximate surface area is 70.2 Å². The van der Waals surface area contributed by atoms with Crippen LogP contribution in [0.5, 0.6) is 0 Å². The highest BCUT2D eigenvalue weighted by Gasteiger charge is 2.25. The van der Waals surface area contributed by atoms with Crippen molar-refractivity contribution in [3.8, 4) is 6.07 Å². The highest BCUT2D eigenvalue weighted by molar-refractivity contribution is 6.30. The van der Waals surface area contributed by atoms with Gasteiger partial charge in [0.05, 0.1) is 12.0 Å². The molecule has 0 saturated carbocycles. The number of nitriles is 1. The number of nitrogens with zero attached hydrogens (tertiary/aromatic N) is 1. The van der Waals surface area contributed by atoms with Crippen LogP contribution >= 0.6 is 11.6 Å².